The second-order valence-electron chi connectivity index (χ2n) is 5.25. The molecule has 1 atom stereocenters. The highest BCUT2D eigenvalue weighted by molar-refractivity contribution is 6.06. The number of rotatable bonds is 7. The van der Waals surface area contributed by atoms with E-state index in [-0.39, 0.29) is 17.2 Å². The van der Waals surface area contributed by atoms with Crippen molar-refractivity contribution in [3.8, 4) is 0 Å². The van der Waals surface area contributed by atoms with Gasteiger partial charge in [0.1, 0.15) is 5.92 Å². The maximum absolute atomic E-state index is 12.3. The van der Waals surface area contributed by atoms with Crippen LogP contribution in [0.15, 0.2) is 24.3 Å². The van der Waals surface area contributed by atoms with Crippen LogP contribution in [-0.4, -0.2) is 18.4 Å². The van der Waals surface area contributed by atoms with Crippen LogP contribution in [0.2, 0.25) is 0 Å². The van der Waals surface area contributed by atoms with Gasteiger partial charge in [-0.25, -0.2) is 0 Å². The lowest BCUT2D eigenvalue weighted by Crippen LogP contribution is -2.33. The number of hydrogen-bond donors (Lipinski definition) is 0. The summed E-state index contributed by atoms with van der Waals surface area (Å²) in [5.74, 6) is -1.05. The molecule has 98 valence electrons. The van der Waals surface area contributed by atoms with Gasteiger partial charge in [0.2, 0.25) is 0 Å². The molecule has 0 spiro atoms. The van der Waals surface area contributed by atoms with Crippen molar-refractivity contribution in [3.05, 3.63) is 24.3 Å². The van der Waals surface area contributed by atoms with E-state index in [9.17, 15) is 9.59 Å². The standard InChI is InChI=1S/C15H20O3/c1-3-7-15(8-9-15)13(14(17)18-4-2)12(16)10-11-5-6-11/h3,10,13H,1,4-9H2,2H3. The third kappa shape index (κ3) is 2.71. The molecule has 18 heavy (non-hydrogen) atoms. The van der Waals surface area contributed by atoms with Gasteiger partial charge in [0, 0.05) is 0 Å². The number of ketones is 1. The molecular weight excluding hydrogens is 228 g/mol. The molecule has 0 bridgehead atoms. The lowest BCUT2D eigenvalue weighted by atomic mass is 9.82. The Morgan fingerprint density at radius 3 is 2.56 bits per heavy atom. The number of carbonyl (C=O) groups excluding carboxylic acids is 2. The second kappa shape index (κ2) is 5.09. The van der Waals surface area contributed by atoms with E-state index in [2.05, 4.69) is 6.58 Å². The Morgan fingerprint density at radius 2 is 2.11 bits per heavy atom. The van der Waals surface area contributed by atoms with E-state index in [1.807, 2.05) is 0 Å². The average Bonchev–Trinajstić information content (AvgIpc) is 3.18. The van der Waals surface area contributed by atoms with Crippen LogP contribution in [0.1, 0.15) is 39.0 Å². The first-order chi connectivity index (χ1) is 8.63. The Morgan fingerprint density at radius 1 is 1.44 bits per heavy atom. The van der Waals surface area contributed by atoms with Crippen LogP contribution in [0.5, 0.6) is 0 Å². The minimum atomic E-state index is -0.622. The molecule has 0 amide bonds. The van der Waals surface area contributed by atoms with Crippen molar-refractivity contribution in [3.63, 3.8) is 0 Å². The summed E-state index contributed by atoms with van der Waals surface area (Å²) in [4.78, 5) is 24.3. The van der Waals surface area contributed by atoms with E-state index in [0.29, 0.717) is 13.0 Å². The molecule has 0 radical (unpaired) electrons. The van der Waals surface area contributed by atoms with Crippen LogP contribution in [0, 0.1) is 11.3 Å². The van der Waals surface area contributed by atoms with E-state index in [4.69, 9.17) is 4.74 Å². The Hall–Kier alpha value is -1.38. The van der Waals surface area contributed by atoms with Gasteiger partial charge in [0.05, 0.1) is 6.61 Å². The summed E-state index contributed by atoms with van der Waals surface area (Å²) in [6, 6.07) is 0. The topological polar surface area (TPSA) is 43.4 Å². The smallest absolute Gasteiger partial charge is 0.317 e. The molecule has 2 aliphatic rings. The summed E-state index contributed by atoms with van der Waals surface area (Å²) in [7, 11) is 0. The van der Waals surface area contributed by atoms with E-state index in [0.717, 1.165) is 31.3 Å². The van der Waals surface area contributed by atoms with E-state index >= 15 is 0 Å². The number of esters is 1. The minimum absolute atomic E-state index is 0.0692. The highest BCUT2D eigenvalue weighted by atomic mass is 16.5. The second-order valence-corrected chi connectivity index (χ2v) is 5.25. The zero-order chi connectivity index (χ0) is 13.2. The van der Waals surface area contributed by atoms with Crippen LogP contribution in [0.3, 0.4) is 0 Å². The molecule has 3 nitrogen and oxygen atoms in total. The van der Waals surface area contributed by atoms with Gasteiger partial charge < -0.3 is 4.74 Å². The van der Waals surface area contributed by atoms with Gasteiger partial charge in [-0.3, -0.25) is 9.59 Å². The zero-order valence-corrected chi connectivity index (χ0v) is 10.9. The maximum Gasteiger partial charge on any atom is 0.317 e. The molecule has 2 rings (SSSR count). The molecule has 0 heterocycles. The van der Waals surface area contributed by atoms with E-state index in [1.165, 1.54) is 0 Å². The third-order valence-corrected chi connectivity index (χ3v) is 3.75. The van der Waals surface area contributed by atoms with Crippen molar-refractivity contribution in [1.29, 1.82) is 0 Å². The summed E-state index contributed by atoms with van der Waals surface area (Å²) in [5, 5.41) is 0. The predicted octanol–water partition coefficient (Wildman–Crippen LogP) is 2.81. The normalized spacial score (nSPS) is 20.8. The number of allylic oxidation sites excluding steroid dienone is 3. The summed E-state index contributed by atoms with van der Waals surface area (Å²) >= 11 is 0. The number of carbonyl (C=O) groups is 2. The Balaban J connectivity index is 2.16. The summed E-state index contributed by atoms with van der Waals surface area (Å²) in [5.41, 5.74) is 0.945. The maximum atomic E-state index is 12.3. The van der Waals surface area contributed by atoms with Crippen molar-refractivity contribution >= 4 is 11.8 Å². The van der Waals surface area contributed by atoms with Gasteiger partial charge >= 0.3 is 5.97 Å². The van der Waals surface area contributed by atoms with Gasteiger partial charge in [-0.05, 0) is 50.5 Å². The van der Waals surface area contributed by atoms with Gasteiger partial charge in [-0.1, -0.05) is 11.6 Å². The molecule has 0 saturated heterocycles. The van der Waals surface area contributed by atoms with Crippen molar-refractivity contribution in [2.24, 2.45) is 11.3 Å². The van der Waals surface area contributed by atoms with Crippen LogP contribution in [-0.2, 0) is 14.3 Å². The van der Waals surface area contributed by atoms with Gasteiger partial charge in [-0.15, -0.1) is 6.58 Å². The fourth-order valence-electron chi connectivity index (χ4n) is 2.45. The van der Waals surface area contributed by atoms with Crippen LogP contribution < -0.4 is 0 Å². The molecule has 2 fully saturated rings. The summed E-state index contributed by atoms with van der Waals surface area (Å²) in [6.45, 7) is 5.82. The molecular formula is C15H20O3. The Labute approximate surface area is 108 Å². The van der Waals surface area contributed by atoms with Crippen molar-refractivity contribution in [2.45, 2.75) is 39.0 Å². The quantitative estimate of drug-likeness (QED) is 0.301. The molecule has 0 aliphatic heterocycles. The van der Waals surface area contributed by atoms with E-state index in [1.54, 1.807) is 19.1 Å². The zero-order valence-electron chi connectivity index (χ0n) is 10.9. The number of hydrogen-bond acceptors (Lipinski definition) is 3. The fraction of sp³-hybridized carbons (Fsp3) is 0.600. The first-order valence-electron chi connectivity index (χ1n) is 6.64. The molecule has 1 unspecified atom stereocenters. The molecule has 2 saturated carbocycles. The highest BCUT2D eigenvalue weighted by Crippen LogP contribution is 2.56. The van der Waals surface area contributed by atoms with Gasteiger partial charge in [-0.2, -0.15) is 0 Å². The molecule has 0 aromatic carbocycles. The summed E-state index contributed by atoms with van der Waals surface area (Å²) in [6.07, 6.45) is 7.99. The van der Waals surface area contributed by atoms with Crippen molar-refractivity contribution < 1.29 is 14.3 Å². The molecule has 3 heteroatoms. The number of ether oxygens (including phenoxy) is 1. The molecule has 0 aromatic heterocycles. The molecule has 2 aliphatic carbocycles. The van der Waals surface area contributed by atoms with E-state index < -0.39 is 5.92 Å². The summed E-state index contributed by atoms with van der Waals surface area (Å²) < 4.78 is 5.08. The largest absolute Gasteiger partial charge is 0.465 e. The Kier molecular flexibility index (Phi) is 3.69. The van der Waals surface area contributed by atoms with Crippen LogP contribution in [0.4, 0.5) is 0 Å². The monoisotopic (exact) mass is 248 g/mol. The lowest BCUT2D eigenvalue weighted by molar-refractivity contribution is -0.153. The predicted molar refractivity (Wildman–Crippen MR) is 68.9 cm³/mol. The highest BCUT2D eigenvalue weighted by Gasteiger charge is 2.54. The van der Waals surface area contributed by atoms with Crippen LogP contribution >= 0.6 is 0 Å². The van der Waals surface area contributed by atoms with Crippen molar-refractivity contribution in [2.75, 3.05) is 6.61 Å². The first kappa shape index (κ1) is 13.1. The van der Waals surface area contributed by atoms with Crippen LogP contribution in [0.25, 0.3) is 0 Å². The third-order valence-electron chi connectivity index (χ3n) is 3.75. The van der Waals surface area contributed by atoms with Gasteiger partial charge in [0.25, 0.3) is 0 Å². The van der Waals surface area contributed by atoms with Gasteiger partial charge in [0.15, 0.2) is 5.78 Å². The SMILES string of the molecule is C=CCC1(C(C(=O)C=C2CC2)C(=O)OCC)CC1. The molecule has 0 aromatic rings. The minimum Gasteiger partial charge on any atom is -0.465 e. The Bertz CT molecular complexity index is 396. The fourth-order valence-corrected chi connectivity index (χ4v) is 2.45. The average molecular weight is 248 g/mol. The first-order valence-corrected chi connectivity index (χ1v) is 6.64. The lowest BCUT2D eigenvalue weighted by Gasteiger charge is -2.21. The molecule has 0 N–H and O–H groups in total. The van der Waals surface area contributed by atoms with Crippen molar-refractivity contribution in [1.82, 2.24) is 0 Å².